The predicted octanol–water partition coefficient (Wildman–Crippen LogP) is 3.66. The van der Waals surface area contributed by atoms with E-state index in [4.69, 9.17) is 10.5 Å². The Labute approximate surface area is 116 Å². The van der Waals surface area contributed by atoms with Gasteiger partial charge in [0.1, 0.15) is 0 Å². The van der Waals surface area contributed by atoms with E-state index in [0.29, 0.717) is 11.8 Å². The van der Waals surface area contributed by atoms with Gasteiger partial charge in [0.15, 0.2) is 0 Å². The van der Waals surface area contributed by atoms with Gasteiger partial charge in [-0.3, -0.25) is 0 Å². The number of benzene rings is 1. The van der Waals surface area contributed by atoms with Gasteiger partial charge < -0.3 is 10.5 Å². The minimum Gasteiger partial charge on any atom is -0.381 e. The van der Waals surface area contributed by atoms with Crippen molar-refractivity contribution in [1.82, 2.24) is 0 Å². The van der Waals surface area contributed by atoms with Crippen molar-refractivity contribution in [2.75, 3.05) is 13.2 Å². The fourth-order valence-electron chi connectivity index (χ4n) is 2.45. The van der Waals surface area contributed by atoms with Gasteiger partial charge in [0.2, 0.25) is 0 Å². The molecule has 1 aromatic rings. The van der Waals surface area contributed by atoms with E-state index in [1.807, 2.05) is 0 Å². The SMILES string of the molecule is CC(C)c1ccc([C@H](N)C2CCOCC2)cc1.Cl. The Hall–Kier alpha value is -0.570. The molecule has 0 aromatic heterocycles. The third-order valence-corrected chi connectivity index (χ3v) is 3.76. The molecule has 0 amide bonds. The standard InChI is InChI=1S/C15H23NO.ClH/c1-11(2)12-3-5-13(6-4-12)15(16)14-7-9-17-10-8-14;/h3-6,11,14-15H,7-10,16H2,1-2H3;1H/t15-;/m0./s1. The van der Waals surface area contributed by atoms with Crippen molar-refractivity contribution in [1.29, 1.82) is 0 Å². The second-order valence-electron chi connectivity index (χ2n) is 5.30. The molecule has 0 unspecified atom stereocenters. The molecule has 0 spiro atoms. The Kier molecular flexibility index (Phi) is 6.13. The highest BCUT2D eigenvalue weighted by molar-refractivity contribution is 5.85. The van der Waals surface area contributed by atoms with E-state index >= 15 is 0 Å². The van der Waals surface area contributed by atoms with Gasteiger partial charge in [-0.05, 0) is 35.8 Å². The lowest BCUT2D eigenvalue weighted by Gasteiger charge is -2.28. The molecule has 1 aliphatic rings. The van der Waals surface area contributed by atoms with Gasteiger partial charge >= 0.3 is 0 Å². The van der Waals surface area contributed by atoms with Crippen LogP contribution in [0.5, 0.6) is 0 Å². The highest BCUT2D eigenvalue weighted by Gasteiger charge is 2.22. The second kappa shape index (κ2) is 7.13. The average Bonchev–Trinajstić information content (AvgIpc) is 2.39. The van der Waals surface area contributed by atoms with Crippen molar-refractivity contribution in [2.24, 2.45) is 11.7 Å². The molecule has 0 aliphatic carbocycles. The van der Waals surface area contributed by atoms with Crippen LogP contribution in [0.15, 0.2) is 24.3 Å². The summed E-state index contributed by atoms with van der Waals surface area (Å²) in [6.45, 7) is 6.16. The molecule has 18 heavy (non-hydrogen) atoms. The second-order valence-corrected chi connectivity index (χ2v) is 5.30. The minimum atomic E-state index is 0. The minimum absolute atomic E-state index is 0. The number of rotatable bonds is 3. The van der Waals surface area contributed by atoms with Crippen LogP contribution in [0.2, 0.25) is 0 Å². The summed E-state index contributed by atoms with van der Waals surface area (Å²) in [4.78, 5) is 0. The average molecular weight is 270 g/mol. The van der Waals surface area contributed by atoms with Crippen LogP contribution in [0.25, 0.3) is 0 Å². The first kappa shape index (κ1) is 15.5. The molecule has 102 valence electrons. The van der Waals surface area contributed by atoms with Crippen molar-refractivity contribution in [2.45, 2.75) is 38.6 Å². The van der Waals surface area contributed by atoms with Crippen LogP contribution in [0.4, 0.5) is 0 Å². The lowest BCUT2D eigenvalue weighted by Crippen LogP contribution is -2.27. The topological polar surface area (TPSA) is 35.2 Å². The molecule has 1 atom stereocenters. The van der Waals surface area contributed by atoms with Crippen LogP contribution in [-0.2, 0) is 4.74 Å². The van der Waals surface area contributed by atoms with Gasteiger partial charge in [0.05, 0.1) is 0 Å². The van der Waals surface area contributed by atoms with Crippen LogP contribution in [-0.4, -0.2) is 13.2 Å². The predicted molar refractivity (Wildman–Crippen MR) is 78.3 cm³/mol. The van der Waals surface area contributed by atoms with Gasteiger partial charge in [-0.2, -0.15) is 0 Å². The third kappa shape index (κ3) is 3.71. The van der Waals surface area contributed by atoms with Crippen molar-refractivity contribution >= 4 is 12.4 Å². The van der Waals surface area contributed by atoms with E-state index in [1.165, 1.54) is 11.1 Å². The van der Waals surface area contributed by atoms with Crippen LogP contribution in [0, 0.1) is 5.92 Å². The van der Waals surface area contributed by atoms with E-state index in [0.717, 1.165) is 26.1 Å². The summed E-state index contributed by atoms with van der Waals surface area (Å²) in [6.07, 6.45) is 2.18. The summed E-state index contributed by atoms with van der Waals surface area (Å²) in [5.74, 6) is 1.16. The number of nitrogens with two attached hydrogens (primary N) is 1. The molecule has 1 saturated heterocycles. The van der Waals surface area contributed by atoms with Crippen LogP contribution >= 0.6 is 12.4 Å². The summed E-state index contributed by atoms with van der Waals surface area (Å²) in [7, 11) is 0. The van der Waals surface area contributed by atoms with E-state index in [1.54, 1.807) is 0 Å². The maximum absolute atomic E-state index is 6.34. The summed E-state index contributed by atoms with van der Waals surface area (Å²) >= 11 is 0. The molecule has 1 aliphatic heterocycles. The van der Waals surface area contributed by atoms with Crippen LogP contribution < -0.4 is 5.73 Å². The first-order valence-electron chi connectivity index (χ1n) is 6.61. The van der Waals surface area contributed by atoms with Crippen LogP contribution in [0.1, 0.15) is 49.8 Å². The molecule has 0 saturated carbocycles. The Morgan fingerprint density at radius 2 is 1.56 bits per heavy atom. The monoisotopic (exact) mass is 269 g/mol. The fraction of sp³-hybridized carbons (Fsp3) is 0.600. The maximum atomic E-state index is 6.34. The van der Waals surface area contributed by atoms with Crippen molar-refractivity contribution in [3.8, 4) is 0 Å². The lowest BCUT2D eigenvalue weighted by molar-refractivity contribution is 0.0584. The first-order chi connectivity index (χ1) is 8.18. The molecular formula is C15H24ClNO. The number of hydrogen-bond donors (Lipinski definition) is 1. The smallest absolute Gasteiger partial charge is 0.0469 e. The molecule has 3 heteroatoms. The van der Waals surface area contributed by atoms with Gasteiger partial charge in [0, 0.05) is 19.3 Å². The zero-order valence-electron chi connectivity index (χ0n) is 11.3. The molecular weight excluding hydrogens is 246 g/mol. The number of halogens is 1. The highest BCUT2D eigenvalue weighted by atomic mass is 35.5. The van der Waals surface area contributed by atoms with Gasteiger partial charge in [0.25, 0.3) is 0 Å². The first-order valence-corrected chi connectivity index (χ1v) is 6.61. The van der Waals surface area contributed by atoms with Crippen molar-refractivity contribution in [3.05, 3.63) is 35.4 Å². The molecule has 2 N–H and O–H groups in total. The number of ether oxygens (including phenoxy) is 1. The Bertz CT molecular complexity index is 344. The van der Waals surface area contributed by atoms with Gasteiger partial charge in [-0.15, -0.1) is 12.4 Å². The van der Waals surface area contributed by atoms with Gasteiger partial charge in [-0.25, -0.2) is 0 Å². The lowest BCUT2D eigenvalue weighted by atomic mass is 9.87. The molecule has 1 aromatic carbocycles. The molecule has 1 fully saturated rings. The summed E-state index contributed by atoms with van der Waals surface area (Å²) in [6, 6.07) is 8.96. The van der Waals surface area contributed by atoms with Gasteiger partial charge in [-0.1, -0.05) is 38.1 Å². The maximum Gasteiger partial charge on any atom is 0.0469 e. The van der Waals surface area contributed by atoms with E-state index in [-0.39, 0.29) is 18.4 Å². The van der Waals surface area contributed by atoms with E-state index in [9.17, 15) is 0 Å². The zero-order chi connectivity index (χ0) is 12.3. The molecule has 2 nitrogen and oxygen atoms in total. The Morgan fingerprint density at radius 3 is 2.06 bits per heavy atom. The molecule has 1 heterocycles. The molecule has 0 radical (unpaired) electrons. The van der Waals surface area contributed by atoms with Crippen molar-refractivity contribution in [3.63, 3.8) is 0 Å². The normalized spacial score (nSPS) is 18.4. The Morgan fingerprint density at radius 1 is 1.06 bits per heavy atom. The quantitative estimate of drug-likeness (QED) is 0.909. The van der Waals surface area contributed by atoms with E-state index < -0.39 is 0 Å². The molecule has 2 rings (SSSR count). The zero-order valence-corrected chi connectivity index (χ0v) is 12.1. The Balaban J connectivity index is 0.00000162. The summed E-state index contributed by atoms with van der Waals surface area (Å²) in [5, 5.41) is 0. The van der Waals surface area contributed by atoms with Crippen LogP contribution in [0.3, 0.4) is 0 Å². The number of hydrogen-bond acceptors (Lipinski definition) is 2. The largest absolute Gasteiger partial charge is 0.381 e. The third-order valence-electron chi connectivity index (χ3n) is 3.76. The van der Waals surface area contributed by atoms with E-state index in [2.05, 4.69) is 38.1 Å². The highest BCUT2D eigenvalue weighted by Crippen LogP contribution is 2.28. The summed E-state index contributed by atoms with van der Waals surface area (Å²) < 4.78 is 5.38. The fourth-order valence-corrected chi connectivity index (χ4v) is 2.45. The molecule has 0 bridgehead atoms. The van der Waals surface area contributed by atoms with Crippen molar-refractivity contribution < 1.29 is 4.74 Å². The summed E-state index contributed by atoms with van der Waals surface area (Å²) in [5.41, 5.74) is 8.99.